The van der Waals surface area contributed by atoms with E-state index in [1.165, 1.54) is 0 Å². The molecule has 0 radical (unpaired) electrons. The molecule has 0 aromatic carbocycles. The van der Waals surface area contributed by atoms with Gasteiger partial charge in [-0.05, 0) is 32.6 Å². The molecule has 1 aliphatic heterocycles. The third-order valence-corrected chi connectivity index (χ3v) is 4.23. The number of fused-ring (bicyclic) bond motifs is 1. The van der Waals surface area contributed by atoms with E-state index >= 15 is 0 Å². The molecule has 1 saturated heterocycles. The summed E-state index contributed by atoms with van der Waals surface area (Å²) >= 11 is -1.10. The van der Waals surface area contributed by atoms with Crippen LogP contribution in [-0.4, -0.2) is 28.7 Å². The maximum absolute atomic E-state index is 11.6. The molecule has 2 rings (SSSR count). The van der Waals surface area contributed by atoms with E-state index in [4.69, 9.17) is 4.74 Å². The second-order valence-electron chi connectivity index (χ2n) is 5.06. The van der Waals surface area contributed by atoms with Gasteiger partial charge in [0.2, 0.25) is 0 Å². The van der Waals surface area contributed by atoms with Crippen LogP contribution in [0.4, 0.5) is 0 Å². The smallest absolute Gasteiger partial charge is 0.144 e. The molecule has 4 atom stereocenters. The zero-order chi connectivity index (χ0) is 10.3. The van der Waals surface area contributed by atoms with Gasteiger partial charge >= 0.3 is 0 Å². The quantitative estimate of drug-likeness (QED) is 0.516. The largest absolute Gasteiger partial charge is 0.591 e. The Balaban J connectivity index is 1.84. The lowest BCUT2D eigenvalue weighted by atomic mass is 10.3. The summed E-state index contributed by atoms with van der Waals surface area (Å²) in [4.78, 5) is 0. The van der Waals surface area contributed by atoms with Crippen LogP contribution in [0.1, 0.15) is 20.8 Å². The molecule has 2 aliphatic rings. The molecule has 1 saturated carbocycles. The molecule has 14 heavy (non-hydrogen) atoms. The van der Waals surface area contributed by atoms with E-state index in [2.05, 4.69) is 4.40 Å². The summed E-state index contributed by atoms with van der Waals surface area (Å²) in [6.45, 7) is 7.55. The highest BCUT2D eigenvalue weighted by Gasteiger charge is 2.53. The zero-order valence-electron chi connectivity index (χ0n) is 8.90. The summed E-state index contributed by atoms with van der Waals surface area (Å²) in [5.74, 6) is 1.86. The van der Waals surface area contributed by atoms with Gasteiger partial charge in [0.15, 0.2) is 0 Å². The number of ether oxygens (including phenoxy) is 1. The molecule has 3 nitrogen and oxygen atoms in total. The Labute approximate surface area is 88.3 Å². The first kappa shape index (κ1) is 10.5. The van der Waals surface area contributed by atoms with E-state index in [0.29, 0.717) is 17.8 Å². The zero-order valence-corrected chi connectivity index (χ0v) is 9.71. The summed E-state index contributed by atoms with van der Waals surface area (Å²) in [6, 6.07) is 0. The van der Waals surface area contributed by atoms with Crippen LogP contribution in [0.15, 0.2) is 4.40 Å². The maximum atomic E-state index is 11.6. The van der Waals surface area contributed by atoms with Crippen molar-refractivity contribution in [3.63, 3.8) is 0 Å². The van der Waals surface area contributed by atoms with Crippen molar-refractivity contribution in [1.29, 1.82) is 0 Å². The first-order valence-corrected chi connectivity index (χ1v) is 6.15. The molecule has 80 valence electrons. The number of hydrogen-bond donors (Lipinski definition) is 0. The Morgan fingerprint density at radius 2 is 1.93 bits per heavy atom. The second kappa shape index (κ2) is 3.51. The SMILES string of the molecule is CC(C)(C)[S+]([O-])N=CC1[C@H]2COC[C@@H]12. The molecule has 0 aromatic rings. The molecule has 2 fully saturated rings. The predicted molar refractivity (Wildman–Crippen MR) is 57.7 cm³/mol. The fraction of sp³-hybridized carbons (Fsp3) is 0.900. The molecule has 0 aromatic heterocycles. The molecule has 0 amide bonds. The summed E-state index contributed by atoms with van der Waals surface area (Å²) in [5.41, 5.74) is 0. The van der Waals surface area contributed by atoms with Gasteiger partial charge in [-0.2, -0.15) is 0 Å². The number of nitrogens with zero attached hydrogens (tertiary/aromatic N) is 1. The minimum absolute atomic E-state index is 0.239. The van der Waals surface area contributed by atoms with Crippen molar-refractivity contribution in [2.24, 2.45) is 22.2 Å². The van der Waals surface area contributed by atoms with Crippen LogP contribution in [0.5, 0.6) is 0 Å². The third kappa shape index (κ3) is 1.97. The van der Waals surface area contributed by atoms with Crippen molar-refractivity contribution < 1.29 is 9.29 Å². The van der Waals surface area contributed by atoms with Crippen LogP contribution in [0.3, 0.4) is 0 Å². The normalized spacial score (nSPS) is 38.7. The van der Waals surface area contributed by atoms with Gasteiger partial charge < -0.3 is 9.29 Å². The van der Waals surface area contributed by atoms with Crippen molar-refractivity contribution in [2.75, 3.05) is 13.2 Å². The van der Waals surface area contributed by atoms with Gasteiger partial charge in [-0.25, -0.2) is 0 Å². The molecule has 0 bridgehead atoms. The Kier molecular flexibility index (Phi) is 2.62. The van der Waals surface area contributed by atoms with Gasteiger partial charge in [0.25, 0.3) is 0 Å². The third-order valence-electron chi connectivity index (χ3n) is 2.87. The van der Waals surface area contributed by atoms with Crippen LogP contribution in [0.25, 0.3) is 0 Å². The van der Waals surface area contributed by atoms with E-state index in [0.717, 1.165) is 13.2 Å². The lowest BCUT2D eigenvalue weighted by Gasteiger charge is -2.17. The van der Waals surface area contributed by atoms with Gasteiger partial charge in [0.1, 0.15) is 16.1 Å². The van der Waals surface area contributed by atoms with Gasteiger partial charge in [-0.15, -0.1) is 0 Å². The summed E-state index contributed by atoms with van der Waals surface area (Å²) in [5, 5.41) is 0. The van der Waals surface area contributed by atoms with Crippen LogP contribution in [0.2, 0.25) is 0 Å². The Morgan fingerprint density at radius 1 is 1.36 bits per heavy atom. The molecule has 2 unspecified atom stereocenters. The molecular formula is C10H17NO2S. The Hall–Kier alpha value is -0.0600. The average Bonchev–Trinajstić information content (AvgIpc) is 2.56. The van der Waals surface area contributed by atoms with Crippen LogP contribution in [-0.2, 0) is 16.1 Å². The van der Waals surface area contributed by atoms with Crippen LogP contribution >= 0.6 is 0 Å². The lowest BCUT2D eigenvalue weighted by Crippen LogP contribution is -2.26. The molecule has 1 aliphatic carbocycles. The first-order valence-electron chi connectivity index (χ1n) is 5.04. The van der Waals surface area contributed by atoms with Crippen molar-refractivity contribution >= 4 is 17.6 Å². The Bertz CT molecular complexity index is 239. The standard InChI is InChI=1S/C10H17NO2S/c1-10(2,3)14(12)11-4-7-8-5-13-6-9(7)8/h4,7-9H,5-6H2,1-3H3/t7?,8-,9+,14?. The van der Waals surface area contributed by atoms with Crippen LogP contribution < -0.4 is 0 Å². The second-order valence-corrected chi connectivity index (χ2v) is 6.99. The summed E-state index contributed by atoms with van der Waals surface area (Å²) in [7, 11) is 0. The molecule has 4 heteroatoms. The van der Waals surface area contributed by atoms with Gasteiger partial charge in [-0.3, -0.25) is 0 Å². The van der Waals surface area contributed by atoms with E-state index in [1.807, 2.05) is 27.0 Å². The fourth-order valence-electron chi connectivity index (χ4n) is 1.79. The van der Waals surface area contributed by atoms with Crippen molar-refractivity contribution in [3.05, 3.63) is 0 Å². The van der Waals surface area contributed by atoms with Crippen molar-refractivity contribution in [2.45, 2.75) is 25.5 Å². The van der Waals surface area contributed by atoms with Crippen molar-refractivity contribution in [1.82, 2.24) is 0 Å². The van der Waals surface area contributed by atoms with E-state index in [1.54, 1.807) is 0 Å². The minimum atomic E-state index is -1.10. The topological polar surface area (TPSA) is 44.7 Å². The highest BCUT2D eigenvalue weighted by molar-refractivity contribution is 7.91. The molecule has 1 heterocycles. The minimum Gasteiger partial charge on any atom is -0.591 e. The highest BCUT2D eigenvalue weighted by Crippen LogP contribution is 2.49. The molecule has 0 N–H and O–H groups in total. The van der Waals surface area contributed by atoms with E-state index < -0.39 is 11.4 Å². The Morgan fingerprint density at radius 3 is 2.43 bits per heavy atom. The maximum Gasteiger partial charge on any atom is 0.144 e. The summed E-state index contributed by atoms with van der Waals surface area (Å²) in [6.07, 6.45) is 1.89. The average molecular weight is 215 g/mol. The monoisotopic (exact) mass is 215 g/mol. The molecular weight excluding hydrogens is 198 g/mol. The molecule has 0 spiro atoms. The number of rotatable bonds is 2. The van der Waals surface area contributed by atoms with Gasteiger partial charge in [-0.1, -0.05) is 4.40 Å². The van der Waals surface area contributed by atoms with E-state index in [-0.39, 0.29) is 4.75 Å². The highest BCUT2D eigenvalue weighted by atomic mass is 32.2. The predicted octanol–water partition coefficient (Wildman–Crippen LogP) is 1.41. The van der Waals surface area contributed by atoms with Crippen LogP contribution in [0, 0.1) is 17.8 Å². The number of hydrogen-bond acceptors (Lipinski definition) is 3. The first-order chi connectivity index (χ1) is 6.50. The van der Waals surface area contributed by atoms with Gasteiger partial charge in [0, 0.05) is 5.92 Å². The van der Waals surface area contributed by atoms with E-state index in [9.17, 15) is 4.55 Å². The summed E-state index contributed by atoms with van der Waals surface area (Å²) < 4.78 is 20.8. The lowest BCUT2D eigenvalue weighted by molar-refractivity contribution is 0.159. The fourth-order valence-corrected chi connectivity index (χ4v) is 2.36. The van der Waals surface area contributed by atoms with Gasteiger partial charge in [0.05, 0.1) is 19.4 Å². The van der Waals surface area contributed by atoms with Crippen molar-refractivity contribution in [3.8, 4) is 0 Å².